The summed E-state index contributed by atoms with van der Waals surface area (Å²) in [5.41, 5.74) is 0.674. The average Bonchev–Trinajstić information content (AvgIpc) is 2.34. The van der Waals surface area contributed by atoms with Gasteiger partial charge < -0.3 is 9.84 Å². The second-order valence-corrected chi connectivity index (χ2v) is 6.06. The Hall–Kier alpha value is -1.35. The highest BCUT2D eigenvalue weighted by Crippen LogP contribution is 2.41. The molecule has 1 aromatic carbocycles. The molecule has 0 saturated carbocycles. The van der Waals surface area contributed by atoms with Crippen molar-refractivity contribution in [2.45, 2.75) is 39.7 Å². The van der Waals surface area contributed by atoms with Gasteiger partial charge in [0.1, 0.15) is 0 Å². The molecule has 0 aromatic heterocycles. The number of aliphatic carboxylic acids is 1. The monoisotopic (exact) mass is 264 g/mol. The number of hydrogen-bond donors (Lipinski definition) is 1. The number of hydrogen-bond acceptors (Lipinski definition) is 2. The van der Waals surface area contributed by atoms with Crippen LogP contribution in [0.5, 0.6) is 0 Å². The number of carboxylic acid groups (broad SMARTS) is 1. The van der Waals surface area contributed by atoms with Crippen LogP contribution in [0.15, 0.2) is 30.3 Å². The lowest BCUT2D eigenvalue weighted by Crippen LogP contribution is -2.39. The van der Waals surface area contributed by atoms with Crippen molar-refractivity contribution in [2.24, 2.45) is 11.3 Å². The minimum absolute atomic E-state index is 0.0996. The second-order valence-electron chi connectivity index (χ2n) is 6.06. The van der Waals surface area contributed by atoms with E-state index in [4.69, 9.17) is 4.74 Å². The van der Waals surface area contributed by atoms with Crippen LogP contribution in [0.4, 0.5) is 0 Å². The maximum Gasteiger partial charge on any atom is 0.311 e. The van der Waals surface area contributed by atoms with Gasteiger partial charge in [0.05, 0.1) is 12.0 Å². The van der Waals surface area contributed by atoms with Crippen molar-refractivity contribution in [3.8, 4) is 0 Å². The van der Waals surface area contributed by atoms with Crippen molar-refractivity contribution in [3.05, 3.63) is 35.9 Å². The van der Waals surface area contributed by atoms with Gasteiger partial charge in [-0.1, -0.05) is 51.1 Å². The molecule has 0 aliphatic heterocycles. The Bertz CT molecular complexity index is 406. The maximum atomic E-state index is 11.8. The van der Waals surface area contributed by atoms with Crippen molar-refractivity contribution in [3.63, 3.8) is 0 Å². The first kappa shape index (κ1) is 15.7. The highest BCUT2D eigenvalue weighted by Gasteiger charge is 2.41. The van der Waals surface area contributed by atoms with Gasteiger partial charge in [-0.2, -0.15) is 0 Å². The fourth-order valence-corrected chi connectivity index (χ4v) is 2.79. The van der Waals surface area contributed by atoms with E-state index in [1.807, 2.05) is 37.3 Å². The predicted molar refractivity (Wildman–Crippen MR) is 76.2 cm³/mol. The van der Waals surface area contributed by atoms with Gasteiger partial charge in [-0.25, -0.2) is 0 Å². The van der Waals surface area contributed by atoms with Crippen LogP contribution in [-0.4, -0.2) is 24.3 Å². The number of methoxy groups -OCH3 is 1. The summed E-state index contributed by atoms with van der Waals surface area (Å²) in [6.45, 7) is 8.12. The first-order chi connectivity index (χ1) is 8.79. The van der Waals surface area contributed by atoms with Crippen LogP contribution in [0, 0.1) is 11.3 Å². The fraction of sp³-hybridized carbons (Fsp3) is 0.562. The lowest BCUT2D eigenvalue weighted by molar-refractivity contribution is -0.144. The minimum atomic E-state index is -0.796. The number of rotatable bonds is 5. The first-order valence-corrected chi connectivity index (χ1v) is 6.59. The lowest BCUT2D eigenvalue weighted by atomic mass is 9.68. The quantitative estimate of drug-likeness (QED) is 0.884. The van der Waals surface area contributed by atoms with Gasteiger partial charge in [0.25, 0.3) is 0 Å². The third-order valence-corrected chi connectivity index (χ3v) is 3.66. The molecule has 0 heterocycles. The van der Waals surface area contributed by atoms with Crippen molar-refractivity contribution >= 4 is 5.97 Å². The Balaban J connectivity index is 3.25. The van der Waals surface area contributed by atoms with E-state index in [1.54, 1.807) is 7.11 Å². The standard InChI is InChI=1S/C16H24O3/c1-11(19-5)14(16(2,3)4)13(15(17)18)12-9-7-6-8-10-12/h6-11,13-14H,1-5H3,(H,17,18)/t11-,13+,14+/m0/s1. The molecule has 0 aliphatic rings. The van der Waals surface area contributed by atoms with E-state index in [9.17, 15) is 9.90 Å². The molecule has 1 aromatic rings. The average molecular weight is 264 g/mol. The summed E-state index contributed by atoms with van der Waals surface area (Å²) >= 11 is 0. The summed E-state index contributed by atoms with van der Waals surface area (Å²) < 4.78 is 5.43. The topological polar surface area (TPSA) is 46.5 Å². The number of ether oxygens (including phenoxy) is 1. The number of benzene rings is 1. The van der Waals surface area contributed by atoms with Crippen LogP contribution < -0.4 is 0 Å². The molecule has 1 rings (SSSR count). The summed E-state index contributed by atoms with van der Waals surface area (Å²) in [5.74, 6) is -1.46. The van der Waals surface area contributed by atoms with E-state index in [1.165, 1.54) is 0 Å². The first-order valence-electron chi connectivity index (χ1n) is 6.59. The fourth-order valence-electron chi connectivity index (χ4n) is 2.79. The molecule has 0 bridgehead atoms. The molecule has 0 spiro atoms. The van der Waals surface area contributed by atoms with Crippen molar-refractivity contribution < 1.29 is 14.6 Å². The third kappa shape index (κ3) is 3.80. The smallest absolute Gasteiger partial charge is 0.311 e. The molecule has 3 nitrogen and oxygen atoms in total. The summed E-state index contributed by atoms with van der Waals surface area (Å²) in [6, 6.07) is 9.40. The lowest BCUT2D eigenvalue weighted by Gasteiger charge is -2.38. The Kier molecular flexibility index (Phi) is 5.12. The van der Waals surface area contributed by atoms with Gasteiger partial charge in [-0.15, -0.1) is 0 Å². The van der Waals surface area contributed by atoms with Crippen molar-refractivity contribution in [1.29, 1.82) is 0 Å². The highest BCUT2D eigenvalue weighted by molar-refractivity contribution is 5.76. The molecule has 3 atom stereocenters. The van der Waals surface area contributed by atoms with Gasteiger partial charge in [0.15, 0.2) is 0 Å². The van der Waals surface area contributed by atoms with E-state index in [0.717, 1.165) is 5.56 Å². The zero-order chi connectivity index (χ0) is 14.6. The molecule has 3 heteroatoms. The SMILES string of the molecule is CO[C@@H](C)[C@H]([C@H](C(=O)O)c1ccccc1)C(C)(C)C. The van der Waals surface area contributed by atoms with Gasteiger partial charge in [0.2, 0.25) is 0 Å². The molecule has 1 N–H and O–H groups in total. The molecule has 0 aliphatic carbocycles. The Morgan fingerprint density at radius 2 is 1.74 bits per heavy atom. The molecule has 0 fully saturated rings. The van der Waals surface area contributed by atoms with Crippen molar-refractivity contribution in [2.75, 3.05) is 7.11 Å². The van der Waals surface area contributed by atoms with E-state index in [2.05, 4.69) is 20.8 Å². The molecule has 0 radical (unpaired) electrons. The van der Waals surface area contributed by atoms with Crippen LogP contribution in [0.2, 0.25) is 0 Å². The summed E-state index contributed by atoms with van der Waals surface area (Å²) in [6.07, 6.45) is -0.124. The Labute approximate surface area is 115 Å². The highest BCUT2D eigenvalue weighted by atomic mass is 16.5. The predicted octanol–water partition coefficient (Wildman–Crippen LogP) is 3.55. The van der Waals surface area contributed by atoms with Crippen LogP contribution in [0.1, 0.15) is 39.2 Å². The third-order valence-electron chi connectivity index (χ3n) is 3.66. The molecule has 19 heavy (non-hydrogen) atoms. The summed E-state index contributed by atoms with van der Waals surface area (Å²) in [7, 11) is 1.63. The van der Waals surface area contributed by atoms with Crippen LogP contribution in [0.3, 0.4) is 0 Å². The zero-order valence-corrected chi connectivity index (χ0v) is 12.4. The van der Waals surface area contributed by atoms with Gasteiger partial charge >= 0.3 is 5.97 Å². The molecule has 0 saturated heterocycles. The van der Waals surface area contributed by atoms with Crippen molar-refractivity contribution in [1.82, 2.24) is 0 Å². The molecule has 0 amide bonds. The second kappa shape index (κ2) is 6.20. The normalized spacial score (nSPS) is 16.7. The van der Waals surface area contributed by atoms with Crippen LogP contribution in [0.25, 0.3) is 0 Å². The summed E-state index contributed by atoms with van der Waals surface area (Å²) in [4.78, 5) is 11.8. The van der Waals surface area contributed by atoms with Crippen LogP contribution >= 0.6 is 0 Å². The van der Waals surface area contributed by atoms with E-state index < -0.39 is 11.9 Å². The van der Waals surface area contributed by atoms with Gasteiger partial charge in [-0.05, 0) is 17.9 Å². The zero-order valence-electron chi connectivity index (χ0n) is 12.4. The van der Waals surface area contributed by atoms with Crippen LogP contribution in [-0.2, 0) is 9.53 Å². The van der Waals surface area contributed by atoms with Gasteiger partial charge in [0, 0.05) is 13.0 Å². The van der Waals surface area contributed by atoms with Gasteiger partial charge in [-0.3, -0.25) is 4.79 Å². The molecule has 0 unspecified atom stereocenters. The minimum Gasteiger partial charge on any atom is -0.481 e. The largest absolute Gasteiger partial charge is 0.481 e. The number of carbonyl (C=O) groups is 1. The summed E-state index contributed by atoms with van der Waals surface area (Å²) in [5, 5.41) is 9.65. The van der Waals surface area contributed by atoms with E-state index in [-0.39, 0.29) is 17.4 Å². The molecular formula is C16H24O3. The Morgan fingerprint density at radius 1 is 1.21 bits per heavy atom. The Morgan fingerprint density at radius 3 is 2.11 bits per heavy atom. The molecule has 106 valence electrons. The van der Waals surface area contributed by atoms with E-state index in [0.29, 0.717) is 0 Å². The molecular weight excluding hydrogens is 240 g/mol. The van der Waals surface area contributed by atoms with E-state index >= 15 is 0 Å². The maximum absolute atomic E-state index is 11.8. The number of carboxylic acids is 1.